The van der Waals surface area contributed by atoms with Crippen molar-refractivity contribution in [3.63, 3.8) is 0 Å². The molecule has 1 aromatic carbocycles. The van der Waals surface area contributed by atoms with Crippen molar-refractivity contribution in [2.24, 2.45) is 0 Å². The van der Waals surface area contributed by atoms with Gasteiger partial charge in [-0.05, 0) is 45.3 Å². The third-order valence-electron chi connectivity index (χ3n) is 4.47. The molecule has 0 bridgehead atoms. The number of nitrogens with one attached hydrogen (secondary N) is 1. The Labute approximate surface area is 149 Å². The summed E-state index contributed by atoms with van der Waals surface area (Å²) in [5, 5.41) is 10.5. The van der Waals surface area contributed by atoms with Gasteiger partial charge in [0.15, 0.2) is 0 Å². The number of alkyl halides is 3. The van der Waals surface area contributed by atoms with Crippen molar-refractivity contribution >= 4 is 18.7 Å². The zero-order chi connectivity index (χ0) is 19.8. The van der Waals surface area contributed by atoms with E-state index in [1.54, 1.807) is 0 Å². The number of benzene rings is 1. The molecule has 1 fully saturated rings. The largest absolute Gasteiger partial charge is 0.494 e. The van der Waals surface area contributed by atoms with E-state index in [9.17, 15) is 18.0 Å². The van der Waals surface area contributed by atoms with Crippen LogP contribution in [-0.4, -0.2) is 42.7 Å². The first kappa shape index (κ1) is 20.4. The van der Waals surface area contributed by atoms with E-state index in [0.29, 0.717) is 0 Å². The molecule has 1 aromatic rings. The molecule has 6 nitrogen and oxygen atoms in total. The van der Waals surface area contributed by atoms with Crippen LogP contribution in [0, 0.1) is 0 Å². The lowest BCUT2D eigenvalue weighted by Crippen LogP contribution is -2.41. The molecule has 0 spiro atoms. The quantitative estimate of drug-likeness (QED) is 0.611. The predicted octanol–water partition coefficient (Wildman–Crippen LogP) is 2.65. The molecule has 1 saturated heterocycles. The number of hydrogen-bond acceptors (Lipinski definition) is 4. The highest BCUT2D eigenvalue weighted by atomic mass is 19.4. The van der Waals surface area contributed by atoms with Crippen molar-refractivity contribution in [1.29, 1.82) is 0 Å². The van der Waals surface area contributed by atoms with Gasteiger partial charge >= 0.3 is 19.4 Å². The van der Waals surface area contributed by atoms with Gasteiger partial charge in [-0.25, -0.2) is 4.79 Å². The SMILES string of the molecule is CC1(C)OB(c2ccc(OCCNC(=O)O)c(C(F)(F)F)c2)OC1(C)C. The second-order valence-corrected chi connectivity index (χ2v) is 6.92. The zero-order valence-electron chi connectivity index (χ0n) is 14.9. The van der Waals surface area contributed by atoms with Crippen molar-refractivity contribution in [2.75, 3.05) is 13.2 Å². The molecule has 144 valence electrons. The van der Waals surface area contributed by atoms with Gasteiger partial charge in [-0.1, -0.05) is 6.07 Å². The highest BCUT2D eigenvalue weighted by molar-refractivity contribution is 6.62. The van der Waals surface area contributed by atoms with Crippen LogP contribution in [-0.2, 0) is 15.5 Å². The predicted molar refractivity (Wildman–Crippen MR) is 88.7 cm³/mol. The highest BCUT2D eigenvalue weighted by Crippen LogP contribution is 2.38. The Morgan fingerprint density at radius 2 is 1.81 bits per heavy atom. The van der Waals surface area contributed by atoms with Gasteiger partial charge in [-0.2, -0.15) is 13.2 Å². The number of carboxylic acid groups (broad SMARTS) is 1. The Kier molecular flexibility index (Phi) is 5.48. The van der Waals surface area contributed by atoms with E-state index in [1.807, 2.05) is 33.0 Å². The van der Waals surface area contributed by atoms with Crippen LogP contribution in [0.5, 0.6) is 5.75 Å². The average Bonchev–Trinajstić information content (AvgIpc) is 2.71. The summed E-state index contributed by atoms with van der Waals surface area (Å²) in [5.41, 5.74) is -2.09. The van der Waals surface area contributed by atoms with Crippen LogP contribution in [0.2, 0.25) is 0 Å². The van der Waals surface area contributed by atoms with Crippen molar-refractivity contribution in [3.8, 4) is 5.75 Å². The minimum Gasteiger partial charge on any atom is -0.491 e. The van der Waals surface area contributed by atoms with Crippen molar-refractivity contribution < 1.29 is 37.1 Å². The van der Waals surface area contributed by atoms with Crippen LogP contribution >= 0.6 is 0 Å². The summed E-state index contributed by atoms with van der Waals surface area (Å²) >= 11 is 0. The first-order valence-electron chi connectivity index (χ1n) is 8.00. The van der Waals surface area contributed by atoms with E-state index >= 15 is 0 Å². The maximum atomic E-state index is 13.4. The molecule has 0 atom stereocenters. The Bertz CT molecular complexity index is 662. The van der Waals surface area contributed by atoms with Gasteiger partial charge in [-0.15, -0.1) is 0 Å². The third kappa shape index (κ3) is 4.42. The maximum absolute atomic E-state index is 13.4. The summed E-state index contributed by atoms with van der Waals surface area (Å²) in [6.07, 6.45) is -5.92. The van der Waals surface area contributed by atoms with Gasteiger partial charge in [0.05, 0.1) is 23.3 Å². The van der Waals surface area contributed by atoms with Crippen LogP contribution < -0.4 is 15.5 Å². The van der Waals surface area contributed by atoms with Gasteiger partial charge in [0.2, 0.25) is 0 Å². The number of rotatable bonds is 5. The van der Waals surface area contributed by atoms with Crippen molar-refractivity contribution in [1.82, 2.24) is 5.32 Å². The molecular formula is C16H21BF3NO5. The molecule has 1 amide bonds. The summed E-state index contributed by atoms with van der Waals surface area (Å²) in [5.74, 6) is -0.384. The first-order valence-corrected chi connectivity index (χ1v) is 8.00. The Balaban J connectivity index is 2.22. The molecule has 0 saturated carbocycles. The van der Waals surface area contributed by atoms with Gasteiger partial charge in [0, 0.05) is 0 Å². The molecule has 1 heterocycles. The minimum atomic E-state index is -4.64. The normalized spacial score (nSPS) is 18.7. The van der Waals surface area contributed by atoms with E-state index in [1.165, 1.54) is 12.1 Å². The van der Waals surface area contributed by atoms with Crippen LogP contribution in [0.1, 0.15) is 33.3 Å². The molecule has 10 heteroatoms. The van der Waals surface area contributed by atoms with E-state index in [-0.39, 0.29) is 24.4 Å². The second kappa shape index (κ2) is 7.00. The van der Waals surface area contributed by atoms with E-state index in [2.05, 4.69) is 0 Å². The summed E-state index contributed by atoms with van der Waals surface area (Å²) in [6.45, 7) is 6.88. The minimum absolute atomic E-state index is 0.133. The average molecular weight is 375 g/mol. The number of ether oxygens (including phenoxy) is 1. The summed E-state index contributed by atoms with van der Waals surface area (Å²) in [4.78, 5) is 10.4. The zero-order valence-corrected chi connectivity index (χ0v) is 14.9. The monoisotopic (exact) mass is 375 g/mol. The Morgan fingerprint density at radius 1 is 1.23 bits per heavy atom. The molecule has 0 unspecified atom stereocenters. The molecule has 2 N–H and O–H groups in total. The lowest BCUT2D eigenvalue weighted by atomic mass is 9.78. The molecule has 0 aliphatic carbocycles. The molecule has 1 aliphatic heterocycles. The van der Waals surface area contributed by atoms with Crippen molar-refractivity contribution in [3.05, 3.63) is 23.8 Å². The van der Waals surface area contributed by atoms with Crippen molar-refractivity contribution in [2.45, 2.75) is 45.1 Å². The lowest BCUT2D eigenvalue weighted by Gasteiger charge is -2.32. The Hall–Kier alpha value is -1.94. The van der Waals surface area contributed by atoms with Crippen LogP contribution in [0.25, 0.3) is 0 Å². The smallest absolute Gasteiger partial charge is 0.491 e. The highest BCUT2D eigenvalue weighted by Gasteiger charge is 2.52. The molecule has 2 rings (SSSR count). The summed E-state index contributed by atoms with van der Waals surface area (Å²) in [7, 11) is -0.927. The lowest BCUT2D eigenvalue weighted by molar-refractivity contribution is -0.138. The third-order valence-corrected chi connectivity index (χ3v) is 4.47. The van der Waals surface area contributed by atoms with Gasteiger partial charge < -0.3 is 24.5 Å². The van der Waals surface area contributed by atoms with E-state index in [0.717, 1.165) is 6.07 Å². The molecule has 0 aromatic heterocycles. The standard InChI is InChI=1S/C16H21BF3NO5/c1-14(2)15(3,4)26-17(25-14)10-5-6-12(11(9-10)16(18,19)20)24-8-7-21-13(22)23/h5-6,9,21H,7-8H2,1-4H3,(H,22,23). The van der Waals surface area contributed by atoms with Crippen LogP contribution in [0.3, 0.4) is 0 Å². The summed E-state index contributed by atoms with van der Waals surface area (Å²) < 4.78 is 56.8. The van der Waals surface area contributed by atoms with Gasteiger partial charge in [0.1, 0.15) is 12.4 Å². The number of carbonyl (C=O) groups is 1. The fourth-order valence-electron chi connectivity index (χ4n) is 2.34. The topological polar surface area (TPSA) is 77.0 Å². The van der Waals surface area contributed by atoms with Crippen LogP contribution in [0.4, 0.5) is 18.0 Å². The molecule has 26 heavy (non-hydrogen) atoms. The molecule has 1 aliphatic rings. The Morgan fingerprint density at radius 3 is 2.31 bits per heavy atom. The number of amides is 1. The fourth-order valence-corrected chi connectivity index (χ4v) is 2.34. The second-order valence-electron chi connectivity index (χ2n) is 6.92. The van der Waals surface area contributed by atoms with Crippen LogP contribution in [0.15, 0.2) is 18.2 Å². The van der Waals surface area contributed by atoms with Gasteiger partial charge in [0.25, 0.3) is 0 Å². The summed E-state index contributed by atoms with van der Waals surface area (Å²) in [6, 6.07) is 3.56. The van der Waals surface area contributed by atoms with E-state index in [4.69, 9.17) is 19.2 Å². The number of halogens is 3. The molecule has 0 radical (unpaired) electrons. The van der Waals surface area contributed by atoms with Gasteiger partial charge in [-0.3, -0.25) is 0 Å². The number of hydrogen-bond donors (Lipinski definition) is 2. The fraction of sp³-hybridized carbons (Fsp3) is 0.562. The first-order chi connectivity index (χ1) is 11.8. The maximum Gasteiger partial charge on any atom is 0.494 e. The van der Waals surface area contributed by atoms with E-state index < -0.39 is 36.2 Å². The molecular weight excluding hydrogens is 354 g/mol.